The number of hydrogen-bond acceptors (Lipinski definition) is 6. The molecular formula is C23H27N3O5S. The van der Waals surface area contributed by atoms with Crippen molar-refractivity contribution in [2.24, 2.45) is 5.14 Å². The lowest BCUT2D eigenvalue weighted by Crippen LogP contribution is -2.31. The standard InChI is InChI=1S/C23H27N3O5S/c1-15-22(17(3)31-25-15)14-30-20-9-5-18(6-10-20)13-23(27)26(4)16(2)19-7-11-21(12-8-19)32(24,28)29/h5-12,16H,13-14H2,1-4H3,(H2,24,28,29)/t16-/m0/s1. The number of nitrogens with two attached hydrogens (primary N) is 1. The predicted molar refractivity (Wildman–Crippen MR) is 119 cm³/mol. The maximum absolute atomic E-state index is 12.8. The van der Waals surface area contributed by atoms with Crippen LogP contribution in [0.1, 0.15) is 41.1 Å². The van der Waals surface area contributed by atoms with Gasteiger partial charge in [0.05, 0.1) is 28.6 Å². The molecule has 0 saturated heterocycles. The Kier molecular flexibility index (Phi) is 7.00. The number of aromatic nitrogens is 1. The normalized spacial score (nSPS) is 12.4. The molecule has 32 heavy (non-hydrogen) atoms. The van der Waals surface area contributed by atoms with Crippen LogP contribution in [-0.2, 0) is 27.8 Å². The van der Waals surface area contributed by atoms with E-state index in [1.54, 1.807) is 24.1 Å². The second-order valence-corrected chi connectivity index (χ2v) is 9.27. The Hall–Kier alpha value is -3.17. The van der Waals surface area contributed by atoms with Crippen molar-refractivity contribution in [1.82, 2.24) is 10.1 Å². The highest BCUT2D eigenvalue weighted by Gasteiger charge is 2.19. The van der Waals surface area contributed by atoms with E-state index in [-0.39, 0.29) is 23.3 Å². The molecule has 0 fully saturated rings. The third-order valence-electron chi connectivity index (χ3n) is 5.51. The number of carbonyl (C=O) groups excluding carboxylic acids is 1. The largest absolute Gasteiger partial charge is 0.489 e. The minimum absolute atomic E-state index is 0.0408. The zero-order valence-electron chi connectivity index (χ0n) is 18.5. The molecule has 0 spiro atoms. The van der Waals surface area contributed by atoms with Crippen molar-refractivity contribution in [3.63, 3.8) is 0 Å². The fourth-order valence-electron chi connectivity index (χ4n) is 3.24. The molecule has 1 atom stereocenters. The fourth-order valence-corrected chi connectivity index (χ4v) is 3.76. The summed E-state index contributed by atoms with van der Waals surface area (Å²) in [5.74, 6) is 1.37. The number of aryl methyl sites for hydroxylation is 2. The molecule has 3 aromatic rings. The summed E-state index contributed by atoms with van der Waals surface area (Å²) in [5.41, 5.74) is 3.41. The second kappa shape index (κ2) is 9.54. The SMILES string of the molecule is Cc1noc(C)c1COc1ccc(CC(=O)N(C)[C@@H](C)c2ccc(S(N)(=O)=O)cc2)cc1. The van der Waals surface area contributed by atoms with Crippen LogP contribution < -0.4 is 9.88 Å². The summed E-state index contributed by atoms with van der Waals surface area (Å²) in [6.45, 7) is 5.97. The van der Waals surface area contributed by atoms with E-state index < -0.39 is 10.0 Å². The average molecular weight is 458 g/mol. The van der Waals surface area contributed by atoms with Crippen LogP contribution in [0, 0.1) is 13.8 Å². The molecule has 8 nitrogen and oxygen atoms in total. The van der Waals surface area contributed by atoms with E-state index in [0.29, 0.717) is 12.4 Å². The number of benzene rings is 2. The molecule has 2 aromatic carbocycles. The van der Waals surface area contributed by atoms with Gasteiger partial charge >= 0.3 is 0 Å². The summed E-state index contributed by atoms with van der Waals surface area (Å²) in [6.07, 6.45) is 0.236. The Bertz CT molecular complexity index is 1170. The number of sulfonamides is 1. The first-order chi connectivity index (χ1) is 15.1. The van der Waals surface area contributed by atoms with E-state index in [1.807, 2.05) is 45.0 Å². The van der Waals surface area contributed by atoms with Crippen LogP contribution in [0.25, 0.3) is 0 Å². The van der Waals surface area contributed by atoms with Gasteiger partial charge in [-0.25, -0.2) is 13.6 Å². The van der Waals surface area contributed by atoms with Gasteiger partial charge in [0.1, 0.15) is 18.1 Å². The van der Waals surface area contributed by atoms with Crippen LogP contribution in [0.4, 0.5) is 0 Å². The molecule has 0 bridgehead atoms. The Balaban J connectivity index is 1.58. The molecule has 0 aliphatic heterocycles. The Morgan fingerprint density at radius 3 is 2.28 bits per heavy atom. The summed E-state index contributed by atoms with van der Waals surface area (Å²) >= 11 is 0. The van der Waals surface area contributed by atoms with Crippen molar-refractivity contribution >= 4 is 15.9 Å². The third kappa shape index (κ3) is 5.54. The molecule has 1 amide bonds. The van der Waals surface area contributed by atoms with Crippen LogP contribution in [0.3, 0.4) is 0 Å². The quantitative estimate of drug-likeness (QED) is 0.555. The third-order valence-corrected chi connectivity index (χ3v) is 6.44. The highest BCUT2D eigenvalue weighted by atomic mass is 32.2. The van der Waals surface area contributed by atoms with Gasteiger partial charge in [-0.3, -0.25) is 4.79 Å². The fraction of sp³-hybridized carbons (Fsp3) is 0.304. The van der Waals surface area contributed by atoms with Crippen LogP contribution in [0.5, 0.6) is 5.75 Å². The van der Waals surface area contributed by atoms with Crippen LogP contribution in [-0.4, -0.2) is 31.4 Å². The topological polar surface area (TPSA) is 116 Å². The number of nitrogens with zero attached hydrogens (tertiary/aromatic N) is 2. The first kappa shape index (κ1) is 23.5. The van der Waals surface area contributed by atoms with Gasteiger partial charge in [-0.2, -0.15) is 0 Å². The molecule has 3 rings (SSSR count). The summed E-state index contributed by atoms with van der Waals surface area (Å²) in [7, 11) is -2.02. The maximum atomic E-state index is 12.8. The summed E-state index contributed by atoms with van der Waals surface area (Å²) in [5, 5.41) is 9.05. The lowest BCUT2D eigenvalue weighted by Gasteiger charge is -2.25. The van der Waals surface area contributed by atoms with Crippen molar-refractivity contribution in [3.05, 3.63) is 76.7 Å². The van der Waals surface area contributed by atoms with Gasteiger partial charge in [-0.1, -0.05) is 29.4 Å². The Labute approximate surface area is 188 Å². The van der Waals surface area contributed by atoms with E-state index in [9.17, 15) is 13.2 Å². The number of ether oxygens (including phenoxy) is 1. The second-order valence-electron chi connectivity index (χ2n) is 7.71. The van der Waals surface area contributed by atoms with Crippen molar-refractivity contribution in [2.75, 3.05) is 7.05 Å². The minimum atomic E-state index is -3.75. The van der Waals surface area contributed by atoms with Crippen molar-refractivity contribution in [2.45, 2.75) is 44.7 Å². The molecule has 9 heteroatoms. The predicted octanol–water partition coefficient (Wildman–Crippen LogP) is 3.28. The van der Waals surface area contributed by atoms with Gasteiger partial charge in [0.2, 0.25) is 15.9 Å². The Morgan fingerprint density at radius 2 is 1.75 bits per heavy atom. The van der Waals surface area contributed by atoms with Crippen LogP contribution in [0.15, 0.2) is 57.9 Å². The summed E-state index contributed by atoms with van der Waals surface area (Å²) in [6, 6.07) is 13.4. The lowest BCUT2D eigenvalue weighted by atomic mass is 10.1. The molecular weight excluding hydrogens is 430 g/mol. The summed E-state index contributed by atoms with van der Waals surface area (Å²) in [4.78, 5) is 14.4. The van der Waals surface area contributed by atoms with Crippen LogP contribution >= 0.6 is 0 Å². The molecule has 1 heterocycles. The molecule has 0 aliphatic carbocycles. The van der Waals surface area contributed by atoms with Crippen molar-refractivity contribution in [3.8, 4) is 5.75 Å². The number of carbonyl (C=O) groups is 1. The zero-order chi connectivity index (χ0) is 23.5. The number of amides is 1. The monoisotopic (exact) mass is 457 g/mol. The summed E-state index contributed by atoms with van der Waals surface area (Å²) < 4.78 is 33.8. The number of hydrogen-bond donors (Lipinski definition) is 1. The van der Waals surface area contributed by atoms with Gasteiger partial charge < -0.3 is 14.2 Å². The zero-order valence-corrected chi connectivity index (χ0v) is 19.3. The van der Waals surface area contributed by atoms with E-state index in [1.165, 1.54) is 12.1 Å². The highest BCUT2D eigenvalue weighted by molar-refractivity contribution is 7.89. The molecule has 0 radical (unpaired) electrons. The first-order valence-electron chi connectivity index (χ1n) is 10.1. The van der Waals surface area contributed by atoms with Crippen molar-refractivity contribution in [1.29, 1.82) is 0 Å². The number of primary sulfonamides is 1. The average Bonchev–Trinajstić information content (AvgIpc) is 3.09. The van der Waals surface area contributed by atoms with Gasteiger partial charge in [0.15, 0.2) is 0 Å². The van der Waals surface area contributed by atoms with Gasteiger partial charge in [0, 0.05) is 7.05 Å². The highest BCUT2D eigenvalue weighted by Crippen LogP contribution is 2.22. The molecule has 0 aliphatic rings. The molecule has 2 N–H and O–H groups in total. The van der Waals surface area contributed by atoms with Gasteiger partial charge in [0.25, 0.3) is 0 Å². The molecule has 170 valence electrons. The smallest absolute Gasteiger partial charge is 0.238 e. The maximum Gasteiger partial charge on any atom is 0.238 e. The van der Waals surface area contributed by atoms with E-state index in [0.717, 1.165) is 28.1 Å². The van der Waals surface area contributed by atoms with E-state index in [4.69, 9.17) is 14.4 Å². The van der Waals surface area contributed by atoms with Gasteiger partial charge in [-0.15, -0.1) is 0 Å². The lowest BCUT2D eigenvalue weighted by molar-refractivity contribution is -0.131. The van der Waals surface area contributed by atoms with E-state index in [2.05, 4.69) is 5.16 Å². The van der Waals surface area contributed by atoms with Crippen molar-refractivity contribution < 1.29 is 22.5 Å². The molecule has 0 unspecified atom stereocenters. The first-order valence-corrected chi connectivity index (χ1v) is 11.6. The number of rotatable bonds is 8. The van der Waals surface area contributed by atoms with Gasteiger partial charge in [-0.05, 0) is 56.2 Å². The van der Waals surface area contributed by atoms with E-state index >= 15 is 0 Å². The Morgan fingerprint density at radius 1 is 1.12 bits per heavy atom. The molecule has 0 saturated carbocycles. The molecule has 1 aromatic heterocycles. The van der Waals surface area contributed by atoms with Crippen LogP contribution in [0.2, 0.25) is 0 Å². The number of likely N-dealkylation sites (N-methyl/N-ethyl adjacent to an activating group) is 1. The minimum Gasteiger partial charge on any atom is -0.489 e.